The summed E-state index contributed by atoms with van der Waals surface area (Å²) in [4.78, 5) is 6.16. The molecule has 2 fully saturated rings. The molecular formula is C11H15F3N2O4S. The normalized spacial score (nSPS) is 41.3. The van der Waals surface area contributed by atoms with E-state index >= 15 is 0 Å². The van der Waals surface area contributed by atoms with Crippen LogP contribution in [0.2, 0.25) is 0 Å². The Morgan fingerprint density at radius 2 is 1.95 bits per heavy atom. The summed E-state index contributed by atoms with van der Waals surface area (Å²) in [7, 11) is 0. The molecule has 3 aliphatic rings. The van der Waals surface area contributed by atoms with Crippen LogP contribution in [0, 0.1) is 0 Å². The summed E-state index contributed by atoms with van der Waals surface area (Å²) in [6, 6.07) is -0.822. The molecule has 3 rings (SSSR count). The van der Waals surface area contributed by atoms with Gasteiger partial charge >= 0.3 is 6.18 Å². The topological polar surface area (TPSA) is 85.5 Å². The largest absolute Gasteiger partial charge is 0.417 e. The van der Waals surface area contributed by atoms with Crippen molar-refractivity contribution >= 4 is 16.9 Å². The van der Waals surface area contributed by atoms with Crippen molar-refractivity contribution in [3.8, 4) is 0 Å². The molecule has 6 nitrogen and oxygen atoms in total. The predicted molar refractivity (Wildman–Crippen MR) is 67.7 cm³/mol. The molecule has 0 unspecified atom stereocenters. The number of hydrogen-bond donors (Lipinski definition) is 3. The van der Waals surface area contributed by atoms with E-state index in [9.17, 15) is 28.5 Å². The lowest BCUT2D eigenvalue weighted by Crippen LogP contribution is -2.60. The molecule has 0 saturated carbocycles. The molecule has 3 heterocycles. The first-order valence-corrected chi connectivity index (χ1v) is 7.43. The van der Waals surface area contributed by atoms with Crippen molar-refractivity contribution < 1.29 is 33.2 Å². The smallest absolute Gasteiger partial charge is 0.388 e. The van der Waals surface area contributed by atoms with Crippen molar-refractivity contribution in [2.24, 2.45) is 4.99 Å². The highest BCUT2D eigenvalue weighted by Gasteiger charge is 2.56. The van der Waals surface area contributed by atoms with E-state index in [2.05, 4.69) is 4.99 Å². The number of ether oxygens (including phenoxy) is 1. The summed E-state index contributed by atoms with van der Waals surface area (Å²) in [5.41, 5.74) is -0.832. The van der Waals surface area contributed by atoms with Gasteiger partial charge in [0, 0.05) is 13.1 Å². The van der Waals surface area contributed by atoms with Gasteiger partial charge in [0.2, 0.25) is 0 Å². The first-order valence-electron chi connectivity index (χ1n) is 6.55. The van der Waals surface area contributed by atoms with E-state index in [0.29, 0.717) is 5.17 Å². The van der Waals surface area contributed by atoms with E-state index in [0.717, 1.165) is 31.3 Å². The first-order chi connectivity index (χ1) is 9.79. The molecule has 10 heteroatoms. The summed E-state index contributed by atoms with van der Waals surface area (Å²) in [6.45, 7) is 1.61. The molecule has 0 aliphatic carbocycles. The number of halogens is 3. The monoisotopic (exact) mass is 328 g/mol. The summed E-state index contributed by atoms with van der Waals surface area (Å²) < 4.78 is 42.9. The molecule has 6 atom stereocenters. The maximum atomic E-state index is 12.6. The van der Waals surface area contributed by atoms with Crippen LogP contribution in [0.25, 0.3) is 0 Å². The van der Waals surface area contributed by atoms with Gasteiger partial charge in [-0.15, -0.1) is 0 Å². The highest BCUT2D eigenvalue weighted by molar-refractivity contribution is 8.14. The molecule has 0 aromatic rings. The van der Waals surface area contributed by atoms with Crippen LogP contribution in [0.3, 0.4) is 0 Å². The standard InChI is InChI=1S/C11H15F3N2O4S/c12-11(13,14)8(19)7-6(18)5(17)4-9(20-7)21-10(15-4)16-2-1-3-16/h4-9,17-19H,1-3H2/t4-,5-,6+,7+,8+,9-/m1/s1. The molecule has 3 aliphatic heterocycles. The van der Waals surface area contributed by atoms with Crippen LogP contribution >= 0.6 is 11.8 Å². The van der Waals surface area contributed by atoms with Crippen molar-refractivity contribution in [2.75, 3.05) is 13.1 Å². The Bertz CT molecular complexity index is 446. The van der Waals surface area contributed by atoms with Crippen molar-refractivity contribution in [2.45, 2.75) is 48.5 Å². The number of aliphatic hydroxyl groups is 3. The molecule has 0 aromatic heterocycles. The van der Waals surface area contributed by atoms with Crippen LogP contribution in [0.4, 0.5) is 13.2 Å². The van der Waals surface area contributed by atoms with Crippen LogP contribution in [0.15, 0.2) is 4.99 Å². The number of nitrogens with zero attached hydrogens (tertiary/aromatic N) is 2. The number of hydrogen-bond acceptors (Lipinski definition) is 7. The van der Waals surface area contributed by atoms with Gasteiger partial charge in [0.1, 0.15) is 29.8 Å². The second-order valence-corrected chi connectivity index (χ2v) is 6.36. The third-order valence-corrected chi connectivity index (χ3v) is 5.06. The van der Waals surface area contributed by atoms with Crippen LogP contribution in [-0.4, -0.2) is 80.5 Å². The Morgan fingerprint density at radius 3 is 2.48 bits per heavy atom. The van der Waals surface area contributed by atoms with E-state index < -0.39 is 42.1 Å². The average molecular weight is 328 g/mol. The number of alkyl halides is 3. The summed E-state index contributed by atoms with van der Waals surface area (Å²) >= 11 is 1.12. The van der Waals surface area contributed by atoms with Crippen LogP contribution in [0.1, 0.15) is 6.42 Å². The third-order valence-electron chi connectivity index (χ3n) is 3.86. The molecule has 0 amide bonds. The van der Waals surface area contributed by atoms with E-state index in [1.165, 1.54) is 0 Å². The number of rotatable bonds is 1. The van der Waals surface area contributed by atoms with E-state index in [4.69, 9.17) is 4.74 Å². The average Bonchev–Trinajstić information content (AvgIpc) is 2.73. The van der Waals surface area contributed by atoms with Gasteiger partial charge in [-0.3, -0.25) is 4.99 Å². The maximum absolute atomic E-state index is 12.6. The molecule has 3 N–H and O–H groups in total. The molecule has 120 valence electrons. The molecule has 0 bridgehead atoms. The zero-order valence-corrected chi connectivity index (χ0v) is 11.6. The van der Waals surface area contributed by atoms with Crippen molar-refractivity contribution in [1.82, 2.24) is 4.90 Å². The van der Waals surface area contributed by atoms with Crippen molar-refractivity contribution in [1.29, 1.82) is 0 Å². The number of amidine groups is 1. The predicted octanol–water partition coefficient (Wildman–Crippen LogP) is -0.467. The number of aliphatic imine (C=N–C) groups is 1. The van der Waals surface area contributed by atoms with E-state index in [1.54, 1.807) is 0 Å². The Labute approximate surface area is 122 Å². The lowest BCUT2D eigenvalue weighted by molar-refractivity contribution is -0.271. The fraction of sp³-hybridized carbons (Fsp3) is 0.909. The summed E-state index contributed by atoms with van der Waals surface area (Å²) in [5.74, 6) is 0. The van der Waals surface area contributed by atoms with Crippen LogP contribution in [-0.2, 0) is 4.74 Å². The van der Waals surface area contributed by atoms with Gasteiger partial charge in [-0.05, 0) is 6.42 Å². The van der Waals surface area contributed by atoms with Crippen LogP contribution in [0.5, 0.6) is 0 Å². The zero-order chi connectivity index (χ0) is 15.4. The number of thioether (sulfide) groups is 1. The molecule has 2 saturated heterocycles. The highest BCUT2D eigenvalue weighted by Crippen LogP contribution is 2.40. The lowest BCUT2D eigenvalue weighted by Gasteiger charge is -2.40. The van der Waals surface area contributed by atoms with Gasteiger partial charge in [0.05, 0.1) is 0 Å². The Balaban J connectivity index is 1.74. The molecule has 0 aromatic carbocycles. The number of fused-ring (bicyclic) bond motifs is 1. The highest BCUT2D eigenvalue weighted by atomic mass is 32.2. The lowest BCUT2D eigenvalue weighted by atomic mass is 9.94. The van der Waals surface area contributed by atoms with Gasteiger partial charge in [-0.25, -0.2) is 0 Å². The second kappa shape index (κ2) is 5.27. The molecule has 0 spiro atoms. The molecule has 0 radical (unpaired) electrons. The summed E-state index contributed by atoms with van der Waals surface area (Å²) in [6.07, 6.45) is -12.0. The Hall–Kier alpha value is -0.550. The summed E-state index contributed by atoms with van der Waals surface area (Å²) in [5, 5.41) is 29.6. The third kappa shape index (κ3) is 2.63. The van der Waals surface area contributed by atoms with E-state index in [-0.39, 0.29) is 0 Å². The number of likely N-dealkylation sites (tertiary alicyclic amines) is 1. The van der Waals surface area contributed by atoms with E-state index in [1.807, 2.05) is 4.90 Å². The van der Waals surface area contributed by atoms with Gasteiger partial charge in [-0.2, -0.15) is 13.2 Å². The zero-order valence-electron chi connectivity index (χ0n) is 10.8. The fourth-order valence-corrected chi connectivity index (χ4v) is 3.75. The van der Waals surface area contributed by atoms with Crippen molar-refractivity contribution in [3.05, 3.63) is 0 Å². The fourth-order valence-electron chi connectivity index (χ4n) is 2.48. The number of aliphatic hydroxyl groups excluding tert-OH is 3. The molecular weight excluding hydrogens is 313 g/mol. The maximum Gasteiger partial charge on any atom is 0.417 e. The second-order valence-electron chi connectivity index (χ2n) is 5.30. The van der Waals surface area contributed by atoms with Gasteiger partial charge in [-0.1, -0.05) is 11.8 Å². The Kier molecular flexibility index (Phi) is 3.85. The Morgan fingerprint density at radius 1 is 1.29 bits per heavy atom. The van der Waals surface area contributed by atoms with Gasteiger partial charge < -0.3 is 25.0 Å². The first kappa shape index (κ1) is 15.3. The quantitative estimate of drug-likeness (QED) is 0.604. The molecule has 21 heavy (non-hydrogen) atoms. The van der Waals surface area contributed by atoms with Crippen molar-refractivity contribution in [3.63, 3.8) is 0 Å². The minimum Gasteiger partial charge on any atom is -0.388 e. The van der Waals surface area contributed by atoms with Gasteiger partial charge in [0.25, 0.3) is 0 Å². The van der Waals surface area contributed by atoms with Crippen LogP contribution < -0.4 is 0 Å². The minimum absolute atomic E-state index is 0.602. The van der Waals surface area contributed by atoms with Gasteiger partial charge in [0.15, 0.2) is 11.3 Å². The SMILES string of the molecule is O[C@H]1[C@H](O)[C@@H]([C@H](O)C(F)(F)F)O[C@@H]2SC(N3CCC3)=N[C@H]12. The minimum atomic E-state index is -4.93.